The highest BCUT2D eigenvalue weighted by molar-refractivity contribution is 7.90. The maximum atomic E-state index is 15.0. The molecule has 1 aliphatic heterocycles. The molecule has 7 nitrogen and oxygen atoms in total. The van der Waals surface area contributed by atoms with E-state index in [1.54, 1.807) is 18.6 Å². The summed E-state index contributed by atoms with van der Waals surface area (Å²) in [6.07, 6.45) is 7.46. The Labute approximate surface area is 220 Å². The topological polar surface area (TPSA) is 96.2 Å². The van der Waals surface area contributed by atoms with Gasteiger partial charge >= 0.3 is 0 Å². The summed E-state index contributed by atoms with van der Waals surface area (Å²) in [6.45, 7) is 0. The Morgan fingerprint density at radius 1 is 1.08 bits per heavy atom. The Balaban J connectivity index is 1.10. The minimum atomic E-state index is -3.85. The molecule has 4 bridgehead atoms. The molecule has 4 unspecified atom stereocenters. The Hall–Kier alpha value is -2.82. The molecule has 0 spiro atoms. The SMILES string of the molecule is O=S(=O)(Nc1ccc(F)cc1)NC1C2CC3CC1CC(C(O)CC1c4c(F)cccc4-c4cncn41)(C3)C2. The van der Waals surface area contributed by atoms with Gasteiger partial charge in [-0.05, 0) is 92.0 Å². The number of fused-ring (bicyclic) bond motifs is 3. The standard InChI is InChI=1S/C28H30F2N4O3S/c29-19-4-6-20(7-5-19)32-38(36,37)33-27-17-8-16-9-18(27)13-28(11-16,12-17)25(35)10-23-26-21(2-1-3-22(26)30)24-14-31-15-34(23)24/h1-7,14-18,23,25,27,32-33,35H,8-13H2. The van der Waals surface area contributed by atoms with Crippen LogP contribution in [0.15, 0.2) is 55.0 Å². The van der Waals surface area contributed by atoms with E-state index in [0.717, 1.165) is 43.4 Å². The summed E-state index contributed by atoms with van der Waals surface area (Å²) in [6, 6.07) is 9.77. The predicted octanol–water partition coefficient (Wildman–Crippen LogP) is 4.62. The zero-order chi connectivity index (χ0) is 26.2. The van der Waals surface area contributed by atoms with Crippen molar-refractivity contribution in [1.82, 2.24) is 14.3 Å². The molecule has 5 aliphatic rings. The van der Waals surface area contributed by atoms with E-state index in [1.165, 1.54) is 30.3 Å². The van der Waals surface area contributed by atoms with E-state index in [9.17, 15) is 22.3 Å². The van der Waals surface area contributed by atoms with Crippen molar-refractivity contribution < 1.29 is 22.3 Å². The number of benzene rings is 2. The highest BCUT2D eigenvalue weighted by Gasteiger charge is 2.58. The van der Waals surface area contributed by atoms with Crippen molar-refractivity contribution in [2.24, 2.45) is 23.2 Å². The Bertz CT molecular complexity index is 1480. The first-order chi connectivity index (χ1) is 18.2. The minimum Gasteiger partial charge on any atom is -0.392 e. The summed E-state index contributed by atoms with van der Waals surface area (Å²) in [7, 11) is -3.85. The molecule has 4 saturated carbocycles. The molecule has 0 saturated heterocycles. The maximum Gasteiger partial charge on any atom is 0.299 e. The molecule has 0 radical (unpaired) electrons. The average Bonchev–Trinajstić information content (AvgIpc) is 3.45. The van der Waals surface area contributed by atoms with Crippen molar-refractivity contribution in [1.29, 1.82) is 0 Å². The smallest absolute Gasteiger partial charge is 0.299 e. The molecular formula is C28H30F2N4O3S. The van der Waals surface area contributed by atoms with Gasteiger partial charge in [0.15, 0.2) is 0 Å². The van der Waals surface area contributed by atoms with Crippen LogP contribution in [0.5, 0.6) is 0 Å². The highest BCUT2D eigenvalue weighted by atomic mass is 32.2. The highest BCUT2D eigenvalue weighted by Crippen LogP contribution is 2.62. The first-order valence-electron chi connectivity index (χ1n) is 13.3. The lowest BCUT2D eigenvalue weighted by Gasteiger charge is -2.61. The third-order valence-electron chi connectivity index (χ3n) is 9.53. The van der Waals surface area contributed by atoms with Crippen LogP contribution in [0.2, 0.25) is 0 Å². The molecule has 8 rings (SSSR count). The number of aromatic nitrogens is 2. The number of rotatable bonds is 7. The van der Waals surface area contributed by atoms with E-state index >= 15 is 0 Å². The fourth-order valence-corrected chi connectivity index (χ4v) is 9.51. The van der Waals surface area contributed by atoms with Gasteiger partial charge in [0.2, 0.25) is 0 Å². The Morgan fingerprint density at radius 3 is 2.55 bits per heavy atom. The number of hydrogen-bond donors (Lipinski definition) is 3. The third-order valence-corrected chi connectivity index (χ3v) is 10.6. The first-order valence-corrected chi connectivity index (χ1v) is 14.7. The van der Waals surface area contributed by atoms with Crippen LogP contribution in [0.1, 0.15) is 50.1 Å². The van der Waals surface area contributed by atoms with Gasteiger partial charge in [0, 0.05) is 22.9 Å². The molecule has 4 fully saturated rings. The Morgan fingerprint density at radius 2 is 1.82 bits per heavy atom. The number of aliphatic hydroxyl groups excluding tert-OH is 1. The number of anilines is 1. The van der Waals surface area contributed by atoms with Gasteiger partial charge in [-0.2, -0.15) is 13.1 Å². The average molecular weight is 541 g/mol. The van der Waals surface area contributed by atoms with Crippen LogP contribution in [-0.2, 0) is 10.2 Å². The summed E-state index contributed by atoms with van der Waals surface area (Å²) in [5.74, 6) is -0.00510. The molecule has 38 heavy (non-hydrogen) atoms. The van der Waals surface area contributed by atoms with Crippen LogP contribution in [-0.4, -0.2) is 35.2 Å². The van der Waals surface area contributed by atoms with Gasteiger partial charge in [0.05, 0.1) is 30.4 Å². The van der Waals surface area contributed by atoms with E-state index in [1.807, 2.05) is 10.6 Å². The molecule has 2 heterocycles. The molecule has 2 aromatic carbocycles. The van der Waals surface area contributed by atoms with E-state index in [0.29, 0.717) is 23.6 Å². The van der Waals surface area contributed by atoms with Gasteiger partial charge in [-0.1, -0.05) is 12.1 Å². The van der Waals surface area contributed by atoms with Gasteiger partial charge in [0.1, 0.15) is 11.6 Å². The summed E-state index contributed by atoms with van der Waals surface area (Å²) < 4.78 is 61.5. The lowest BCUT2D eigenvalue weighted by molar-refractivity contribution is -0.134. The van der Waals surface area contributed by atoms with Gasteiger partial charge in [0.25, 0.3) is 10.2 Å². The van der Waals surface area contributed by atoms with Gasteiger partial charge < -0.3 is 9.67 Å². The molecule has 1 aromatic heterocycles. The molecular weight excluding hydrogens is 510 g/mol. The van der Waals surface area contributed by atoms with Crippen LogP contribution in [0.4, 0.5) is 14.5 Å². The second-order valence-corrected chi connectivity index (χ2v) is 13.2. The van der Waals surface area contributed by atoms with Crippen molar-refractivity contribution in [2.75, 3.05) is 4.72 Å². The summed E-state index contributed by atoms with van der Waals surface area (Å²) in [4.78, 5) is 4.27. The molecule has 0 amide bonds. The molecule has 3 N–H and O–H groups in total. The third kappa shape index (κ3) is 3.87. The van der Waals surface area contributed by atoms with Crippen LogP contribution in [0, 0.1) is 34.8 Å². The van der Waals surface area contributed by atoms with Crippen molar-refractivity contribution in [3.05, 3.63) is 72.2 Å². The van der Waals surface area contributed by atoms with Crippen molar-refractivity contribution >= 4 is 15.9 Å². The number of imidazole rings is 1. The molecule has 3 aromatic rings. The molecule has 10 heteroatoms. The van der Waals surface area contributed by atoms with Crippen molar-refractivity contribution in [3.8, 4) is 11.3 Å². The molecule has 200 valence electrons. The van der Waals surface area contributed by atoms with Gasteiger partial charge in [-0.15, -0.1) is 0 Å². The van der Waals surface area contributed by atoms with Crippen LogP contribution in [0.25, 0.3) is 11.3 Å². The Kier molecular flexibility index (Phi) is 5.48. The summed E-state index contributed by atoms with van der Waals surface area (Å²) >= 11 is 0. The fourth-order valence-electron chi connectivity index (χ4n) is 8.26. The molecule has 4 aliphatic carbocycles. The van der Waals surface area contributed by atoms with Crippen LogP contribution < -0.4 is 9.44 Å². The van der Waals surface area contributed by atoms with Crippen LogP contribution in [0.3, 0.4) is 0 Å². The zero-order valence-corrected chi connectivity index (χ0v) is 21.5. The summed E-state index contributed by atoms with van der Waals surface area (Å²) in [5, 5.41) is 11.8. The van der Waals surface area contributed by atoms with E-state index in [2.05, 4.69) is 14.4 Å². The zero-order valence-electron chi connectivity index (χ0n) is 20.7. The predicted molar refractivity (Wildman–Crippen MR) is 138 cm³/mol. The lowest BCUT2D eigenvalue weighted by atomic mass is 9.46. The van der Waals surface area contributed by atoms with E-state index < -0.39 is 22.1 Å². The largest absolute Gasteiger partial charge is 0.392 e. The second kappa shape index (κ2) is 8.59. The number of hydrogen-bond acceptors (Lipinski definition) is 4. The minimum absolute atomic E-state index is 0.122. The van der Waals surface area contributed by atoms with E-state index in [-0.39, 0.29) is 35.2 Å². The number of halogens is 2. The number of nitrogens with one attached hydrogen (secondary N) is 2. The maximum absolute atomic E-state index is 15.0. The van der Waals surface area contributed by atoms with Crippen molar-refractivity contribution in [3.63, 3.8) is 0 Å². The van der Waals surface area contributed by atoms with Crippen molar-refractivity contribution in [2.45, 2.75) is 56.7 Å². The lowest BCUT2D eigenvalue weighted by Crippen LogP contribution is -2.62. The monoisotopic (exact) mass is 540 g/mol. The summed E-state index contributed by atoms with van der Waals surface area (Å²) in [5.41, 5.74) is 2.31. The van der Waals surface area contributed by atoms with Gasteiger partial charge in [-0.3, -0.25) is 4.72 Å². The second-order valence-electron chi connectivity index (χ2n) is 11.7. The number of nitrogens with zero attached hydrogens (tertiary/aromatic N) is 2. The molecule has 4 atom stereocenters. The van der Waals surface area contributed by atoms with Gasteiger partial charge in [-0.25, -0.2) is 13.8 Å². The number of aliphatic hydroxyl groups is 1. The first kappa shape index (κ1) is 24.2. The van der Waals surface area contributed by atoms with E-state index in [4.69, 9.17) is 0 Å². The quantitative estimate of drug-likeness (QED) is 0.407. The normalized spacial score (nSPS) is 31.7. The fraction of sp³-hybridized carbons (Fsp3) is 0.464. The van der Waals surface area contributed by atoms with Crippen LogP contribution >= 0.6 is 0 Å².